The number of hydrogen-bond donors (Lipinski definition) is 1. The van der Waals surface area contributed by atoms with Gasteiger partial charge in [0.2, 0.25) is 0 Å². The Morgan fingerprint density at radius 1 is 1.30 bits per heavy atom. The lowest BCUT2D eigenvalue weighted by atomic mass is 10.1. The van der Waals surface area contributed by atoms with Gasteiger partial charge in [-0.25, -0.2) is 0 Å². The van der Waals surface area contributed by atoms with Crippen LogP contribution in [-0.4, -0.2) is 22.1 Å². The fourth-order valence-electron chi connectivity index (χ4n) is 2.06. The first kappa shape index (κ1) is 14.9. The molecule has 2 aromatic rings. The largest absolute Gasteiger partial charge is 0.497 e. The van der Waals surface area contributed by atoms with Crippen LogP contribution in [0.4, 0.5) is 0 Å². The molecule has 1 aromatic heterocycles. The number of aryl methyl sites for hydroxylation is 2. The van der Waals surface area contributed by atoms with Crippen LogP contribution in [0, 0.1) is 6.92 Å². The van der Waals surface area contributed by atoms with Crippen molar-refractivity contribution in [1.29, 1.82) is 0 Å². The maximum atomic E-state index is 6.34. The van der Waals surface area contributed by atoms with Gasteiger partial charge < -0.3 is 10.5 Å². The maximum Gasteiger partial charge on any atom is 0.118 e. The number of benzene rings is 1. The third-order valence-electron chi connectivity index (χ3n) is 3.27. The lowest BCUT2D eigenvalue weighted by Gasteiger charge is -2.20. The molecular weight excluding hydrogens is 270 g/mol. The number of nitrogens with two attached hydrogens (primary N) is 1. The van der Waals surface area contributed by atoms with Crippen molar-refractivity contribution >= 4 is 11.8 Å². The van der Waals surface area contributed by atoms with Crippen LogP contribution < -0.4 is 10.5 Å². The highest BCUT2D eigenvalue weighted by molar-refractivity contribution is 7.99. The number of thioether (sulfide) groups is 1. The van der Waals surface area contributed by atoms with Crippen LogP contribution >= 0.6 is 11.8 Å². The zero-order valence-corrected chi connectivity index (χ0v) is 13.1. The smallest absolute Gasteiger partial charge is 0.118 e. The van der Waals surface area contributed by atoms with Gasteiger partial charge in [0.1, 0.15) is 5.75 Å². The summed E-state index contributed by atoms with van der Waals surface area (Å²) in [6.07, 6.45) is 0. The van der Waals surface area contributed by atoms with Gasteiger partial charge in [0.25, 0.3) is 0 Å². The molecule has 2 rings (SSSR count). The molecular formula is C15H21N3OS. The minimum Gasteiger partial charge on any atom is -0.497 e. The maximum absolute atomic E-state index is 6.34. The second kappa shape index (κ2) is 6.33. The molecule has 0 spiro atoms. The van der Waals surface area contributed by atoms with E-state index in [1.807, 2.05) is 42.9 Å². The third-order valence-corrected chi connectivity index (χ3v) is 4.56. The first-order valence-corrected chi connectivity index (χ1v) is 7.46. The second-order valence-electron chi connectivity index (χ2n) is 4.87. The van der Waals surface area contributed by atoms with Crippen molar-refractivity contribution in [1.82, 2.24) is 9.78 Å². The molecule has 2 atom stereocenters. The van der Waals surface area contributed by atoms with Crippen LogP contribution in [-0.2, 0) is 7.05 Å². The highest BCUT2D eigenvalue weighted by atomic mass is 32.2. The summed E-state index contributed by atoms with van der Waals surface area (Å²) in [4.78, 5) is 0. The first-order chi connectivity index (χ1) is 9.51. The Morgan fingerprint density at radius 3 is 2.45 bits per heavy atom. The Balaban J connectivity index is 2.07. The van der Waals surface area contributed by atoms with Gasteiger partial charge in [0.05, 0.1) is 17.8 Å². The van der Waals surface area contributed by atoms with Crippen LogP contribution in [0.15, 0.2) is 35.4 Å². The number of methoxy groups -OCH3 is 1. The van der Waals surface area contributed by atoms with Crippen molar-refractivity contribution in [2.75, 3.05) is 7.11 Å². The molecule has 0 saturated heterocycles. The van der Waals surface area contributed by atoms with Crippen molar-refractivity contribution in [2.45, 2.75) is 30.2 Å². The van der Waals surface area contributed by atoms with E-state index >= 15 is 0 Å². The molecule has 0 aliphatic carbocycles. The highest BCUT2D eigenvalue weighted by Gasteiger charge is 2.18. The van der Waals surface area contributed by atoms with Crippen LogP contribution in [0.1, 0.15) is 24.2 Å². The third kappa shape index (κ3) is 3.35. The summed E-state index contributed by atoms with van der Waals surface area (Å²) in [7, 11) is 3.62. The molecule has 108 valence electrons. The summed E-state index contributed by atoms with van der Waals surface area (Å²) in [5.41, 5.74) is 8.49. The molecule has 0 amide bonds. The molecule has 5 heteroatoms. The van der Waals surface area contributed by atoms with Gasteiger partial charge in [0.15, 0.2) is 0 Å². The minimum atomic E-state index is -0.0267. The Kier molecular flexibility index (Phi) is 4.73. The van der Waals surface area contributed by atoms with Gasteiger partial charge in [0, 0.05) is 18.3 Å². The number of ether oxygens (including phenoxy) is 1. The fourth-order valence-corrected chi connectivity index (χ4v) is 3.17. The Labute approximate surface area is 124 Å². The highest BCUT2D eigenvalue weighted by Crippen LogP contribution is 2.31. The molecule has 0 fully saturated rings. The van der Waals surface area contributed by atoms with E-state index in [1.165, 1.54) is 0 Å². The summed E-state index contributed by atoms with van der Waals surface area (Å²) in [5, 5.41) is 5.76. The Hall–Kier alpha value is -1.46. The molecule has 1 heterocycles. The monoisotopic (exact) mass is 291 g/mol. The molecule has 0 saturated carbocycles. The summed E-state index contributed by atoms with van der Waals surface area (Å²) in [6.45, 7) is 4.14. The van der Waals surface area contributed by atoms with Crippen molar-refractivity contribution in [3.05, 3.63) is 41.6 Å². The number of nitrogens with zero attached hydrogens (tertiary/aromatic N) is 2. The average molecular weight is 291 g/mol. The van der Waals surface area contributed by atoms with Gasteiger partial charge in [-0.3, -0.25) is 4.68 Å². The van der Waals surface area contributed by atoms with Crippen molar-refractivity contribution in [3.63, 3.8) is 0 Å². The van der Waals surface area contributed by atoms with Gasteiger partial charge in [-0.15, -0.1) is 11.8 Å². The quantitative estimate of drug-likeness (QED) is 0.861. The molecule has 20 heavy (non-hydrogen) atoms. The zero-order valence-electron chi connectivity index (χ0n) is 12.3. The van der Waals surface area contributed by atoms with E-state index in [1.54, 1.807) is 18.9 Å². The van der Waals surface area contributed by atoms with E-state index < -0.39 is 0 Å². The molecule has 0 aliphatic heterocycles. The standard InChI is InChI=1S/C15H21N3OS/c1-10-9-14(18(3)17-10)20-11(2)15(16)12-5-7-13(19-4)8-6-12/h5-9,11,15H,16H2,1-4H3. The number of aromatic nitrogens is 2. The second-order valence-corrected chi connectivity index (χ2v) is 6.27. The Morgan fingerprint density at radius 2 is 1.95 bits per heavy atom. The van der Waals surface area contributed by atoms with Crippen molar-refractivity contribution in [2.24, 2.45) is 12.8 Å². The van der Waals surface area contributed by atoms with Crippen LogP contribution in [0.3, 0.4) is 0 Å². The summed E-state index contributed by atoms with van der Waals surface area (Å²) >= 11 is 1.75. The van der Waals surface area contributed by atoms with Gasteiger partial charge >= 0.3 is 0 Å². The summed E-state index contributed by atoms with van der Waals surface area (Å²) in [5.74, 6) is 0.850. The molecule has 2 N–H and O–H groups in total. The topological polar surface area (TPSA) is 53.1 Å². The van der Waals surface area contributed by atoms with Crippen molar-refractivity contribution < 1.29 is 4.74 Å². The van der Waals surface area contributed by atoms with Gasteiger partial charge in [-0.05, 0) is 30.7 Å². The van der Waals surface area contributed by atoms with Crippen LogP contribution in [0.2, 0.25) is 0 Å². The molecule has 0 bridgehead atoms. The van der Waals surface area contributed by atoms with E-state index in [0.29, 0.717) is 0 Å². The molecule has 1 aromatic carbocycles. The number of hydrogen-bond acceptors (Lipinski definition) is 4. The first-order valence-electron chi connectivity index (χ1n) is 6.58. The van der Waals surface area contributed by atoms with E-state index in [-0.39, 0.29) is 11.3 Å². The van der Waals surface area contributed by atoms with E-state index in [9.17, 15) is 0 Å². The summed E-state index contributed by atoms with van der Waals surface area (Å²) in [6, 6.07) is 9.99. The molecule has 0 aliphatic rings. The Bertz CT molecular complexity index is 565. The number of rotatable bonds is 5. The van der Waals surface area contributed by atoms with E-state index in [2.05, 4.69) is 18.1 Å². The van der Waals surface area contributed by atoms with Gasteiger partial charge in [-0.2, -0.15) is 5.10 Å². The normalized spacial score (nSPS) is 14.1. The summed E-state index contributed by atoms with van der Waals surface area (Å²) < 4.78 is 7.07. The molecule has 4 nitrogen and oxygen atoms in total. The van der Waals surface area contributed by atoms with E-state index in [4.69, 9.17) is 10.5 Å². The van der Waals surface area contributed by atoms with Crippen LogP contribution in [0.25, 0.3) is 0 Å². The van der Waals surface area contributed by atoms with Crippen molar-refractivity contribution in [3.8, 4) is 5.75 Å². The van der Waals surface area contributed by atoms with E-state index in [0.717, 1.165) is 22.0 Å². The fraction of sp³-hybridized carbons (Fsp3) is 0.400. The predicted molar refractivity (Wildman–Crippen MR) is 83.2 cm³/mol. The van der Waals surface area contributed by atoms with Gasteiger partial charge in [-0.1, -0.05) is 19.1 Å². The lowest BCUT2D eigenvalue weighted by molar-refractivity contribution is 0.414. The average Bonchev–Trinajstić information content (AvgIpc) is 2.76. The zero-order chi connectivity index (χ0) is 14.7. The molecule has 2 unspecified atom stereocenters. The minimum absolute atomic E-state index is 0.0267. The SMILES string of the molecule is COc1ccc(C(N)C(C)Sc2cc(C)nn2C)cc1. The predicted octanol–water partition coefficient (Wildman–Crippen LogP) is 2.92. The van der Waals surface area contributed by atoms with Crippen LogP contribution in [0.5, 0.6) is 5.75 Å². The molecule has 0 radical (unpaired) electrons. The lowest BCUT2D eigenvalue weighted by Crippen LogP contribution is -2.21.